The van der Waals surface area contributed by atoms with Gasteiger partial charge < -0.3 is 9.64 Å². The zero-order valence-corrected chi connectivity index (χ0v) is 18.5. The molecule has 0 bridgehead atoms. The number of ketones is 1. The van der Waals surface area contributed by atoms with E-state index in [0.29, 0.717) is 48.4 Å². The summed E-state index contributed by atoms with van der Waals surface area (Å²) in [5.74, 6) is -0.129. The molecule has 1 amide bonds. The molecular weight excluding hydrogens is 409 g/mol. The molecule has 166 valence electrons. The molecule has 6 nitrogen and oxygen atoms in total. The fraction of sp³-hybridized carbons (Fsp3) is 0.280. The Morgan fingerprint density at radius 3 is 2.44 bits per heavy atom. The van der Waals surface area contributed by atoms with Gasteiger partial charge in [0.05, 0.1) is 18.5 Å². The number of benzene rings is 1. The number of amides is 1. The van der Waals surface area contributed by atoms with Crippen molar-refractivity contribution in [1.29, 1.82) is 0 Å². The second kappa shape index (κ2) is 10.6. The molecular formula is C25H26FN3O3. The number of aryl methyl sites for hydroxylation is 1. The Morgan fingerprint density at radius 1 is 1.03 bits per heavy atom. The Balaban J connectivity index is 1.66. The highest BCUT2D eigenvalue weighted by Gasteiger charge is 2.15. The lowest BCUT2D eigenvalue weighted by Crippen LogP contribution is -2.26. The minimum absolute atomic E-state index is 0.0301. The number of hydrogen-bond acceptors (Lipinski definition) is 5. The van der Waals surface area contributed by atoms with Crippen molar-refractivity contribution in [3.8, 4) is 17.1 Å². The van der Waals surface area contributed by atoms with Crippen molar-refractivity contribution in [1.82, 2.24) is 9.97 Å². The summed E-state index contributed by atoms with van der Waals surface area (Å²) < 4.78 is 19.6. The molecule has 0 atom stereocenters. The molecule has 2 heterocycles. The first-order valence-corrected chi connectivity index (χ1v) is 10.5. The van der Waals surface area contributed by atoms with Gasteiger partial charge in [-0.2, -0.15) is 0 Å². The van der Waals surface area contributed by atoms with E-state index in [0.717, 1.165) is 5.56 Å². The number of anilines is 1. The number of carbonyl (C=O) groups excluding carboxylic acids is 2. The Bertz CT molecular complexity index is 1080. The van der Waals surface area contributed by atoms with E-state index in [-0.39, 0.29) is 17.4 Å². The van der Waals surface area contributed by atoms with Crippen LogP contribution in [0.2, 0.25) is 0 Å². The highest BCUT2D eigenvalue weighted by molar-refractivity contribution is 5.96. The third kappa shape index (κ3) is 5.55. The summed E-state index contributed by atoms with van der Waals surface area (Å²) >= 11 is 0. The van der Waals surface area contributed by atoms with Crippen LogP contribution in [-0.4, -0.2) is 35.8 Å². The Labute approximate surface area is 187 Å². The predicted molar refractivity (Wildman–Crippen MR) is 121 cm³/mol. The zero-order chi connectivity index (χ0) is 23.1. The molecule has 0 N–H and O–H groups in total. The lowest BCUT2D eigenvalue weighted by Gasteiger charge is -2.18. The molecule has 0 aliphatic carbocycles. The van der Waals surface area contributed by atoms with Crippen molar-refractivity contribution in [2.24, 2.45) is 0 Å². The van der Waals surface area contributed by atoms with Crippen LogP contribution >= 0.6 is 0 Å². The van der Waals surface area contributed by atoms with Gasteiger partial charge in [0.2, 0.25) is 11.8 Å². The molecule has 3 rings (SSSR count). The number of nitrogens with zero attached hydrogens (tertiary/aromatic N) is 3. The van der Waals surface area contributed by atoms with Gasteiger partial charge in [0.1, 0.15) is 5.82 Å². The Morgan fingerprint density at radius 2 is 1.84 bits per heavy atom. The normalized spacial score (nSPS) is 10.6. The van der Waals surface area contributed by atoms with E-state index in [9.17, 15) is 14.0 Å². The van der Waals surface area contributed by atoms with Crippen molar-refractivity contribution in [3.63, 3.8) is 0 Å². The van der Waals surface area contributed by atoms with Crippen molar-refractivity contribution in [3.05, 3.63) is 71.8 Å². The van der Waals surface area contributed by atoms with Gasteiger partial charge in [0.25, 0.3) is 0 Å². The molecule has 0 aliphatic heterocycles. The molecule has 0 aliphatic rings. The number of ether oxygens (including phenoxy) is 1. The van der Waals surface area contributed by atoms with Crippen LogP contribution in [0.1, 0.15) is 42.1 Å². The summed E-state index contributed by atoms with van der Waals surface area (Å²) in [4.78, 5) is 34.3. The number of aromatic nitrogens is 2. The topological polar surface area (TPSA) is 72.4 Å². The van der Waals surface area contributed by atoms with E-state index in [1.54, 1.807) is 50.7 Å². The smallest absolute Gasteiger partial charge is 0.226 e. The number of methoxy groups -OCH3 is 1. The largest absolute Gasteiger partial charge is 0.481 e. The molecule has 0 saturated heterocycles. The average Bonchev–Trinajstić information content (AvgIpc) is 2.82. The third-order valence-electron chi connectivity index (χ3n) is 5.18. The number of Topliss-reactive ketones (excluding diaryl/α,β-unsaturated/α-hetero) is 1. The number of hydrogen-bond donors (Lipinski definition) is 0. The zero-order valence-electron chi connectivity index (χ0n) is 18.5. The first-order valence-electron chi connectivity index (χ1n) is 10.5. The second-order valence-corrected chi connectivity index (χ2v) is 7.43. The highest BCUT2D eigenvalue weighted by Crippen LogP contribution is 2.26. The summed E-state index contributed by atoms with van der Waals surface area (Å²) in [6.45, 7) is 1.90. The van der Waals surface area contributed by atoms with E-state index in [1.165, 1.54) is 17.2 Å². The standard InChI is InChI=1S/C25H26FN3O3/c1-4-5-25(31)29(2)22-11-9-18(14-20(22)26)21-10-8-19(16-27-21)23(30)12-6-17-7-13-24(32-3)28-15-17/h7-11,13-16H,4-6,12H2,1-3H3. The van der Waals surface area contributed by atoms with Gasteiger partial charge >= 0.3 is 0 Å². The molecule has 0 unspecified atom stereocenters. The van der Waals surface area contributed by atoms with Crippen LogP contribution in [0, 0.1) is 5.82 Å². The molecule has 0 spiro atoms. The van der Waals surface area contributed by atoms with Gasteiger partial charge in [-0.1, -0.05) is 19.1 Å². The second-order valence-electron chi connectivity index (χ2n) is 7.43. The maximum atomic E-state index is 14.6. The van der Waals surface area contributed by atoms with Crippen molar-refractivity contribution in [2.45, 2.75) is 32.6 Å². The first kappa shape index (κ1) is 23.1. The Kier molecular flexibility index (Phi) is 7.65. The Hall–Kier alpha value is -3.61. The number of carbonyl (C=O) groups is 2. The summed E-state index contributed by atoms with van der Waals surface area (Å²) in [6, 6.07) is 11.7. The number of halogens is 1. The lowest BCUT2D eigenvalue weighted by atomic mass is 10.0. The van der Waals surface area contributed by atoms with Crippen LogP contribution in [0.15, 0.2) is 54.9 Å². The van der Waals surface area contributed by atoms with Gasteiger partial charge in [0.15, 0.2) is 5.78 Å². The van der Waals surface area contributed by atoms with Gasteiger partial charge in [-0.15, -0.1) is 0 Å². The number of rotatable bonds is 9. The van der Waals surface area contributed by atoms with Crippen molar-refractivity contribution < 1.29 is 18.7 Å². The van der Waals surface area contributed by atoms with Crippen LogP contribution in [0.5, 0.6) is 5.88 Å². The summed E-state index contributed by atoms with van der Waals surface area (Å²) in [5, 5.41) is 0. The van der Waals surface area contributed by atoms with Gasteiger partial charge in [-0.05, 0) is 42.7 Å². The summed E-state index contributed by atoms with van der Waals surface area (Å²) in [6.07, 6.45) is 5.16. The van der Waals surface area contributed by atoms with Crippen LogP contribution in [0.4, 0.5) is 10.1 Å². The molecule has 0 saturated carbocycles. The van der Waals surface area contributed by atoms with Gasteiger partial charge in [-0.25, -0.2) is 9.37 Å². The van der Waals surface area contributed by atoms with E-state index in [2.05, 4.69) is 9.97 Å². The molecule has 3 aromatic rings. The SMILES string of the molecule is CCCC(=O)N(C)c1ccc(-c2ccc(C(=O)CCc3ccc(OC)nc3)cn2)cc1F. The third-order valence-corrected chi connectivity index (χ3v) is 5.18. The van der Waals surface area contributed by atoms with Crippen LogP contribution in [0.3, 0.4) is 0 Å². The monoisotopic (exact) mass is 435 g/mol. The van der Waals surface area contributed by atoms with E-state index >= 15 is 0 Å². The fourth-order valence-corrected chi connectivity index (χ4v) is 3.27. The minimum Gasteiger partial charge on any atom is -0.481 e. The molecule has 1 aromatic carbocycles. The van der Waals surface area contributed by atoms with E-state index < -0.39 is 5.82 Å². The van der Waals surface area contributed by atoms with Gasteiger partial charge in [0, 0.05) is 49.5 Å². The first-order chi connectivity index (χ1) is 15.4. The molecule has 0 fully saturated rings. The summed E-state index contributed by atoms with van der Waals surface area (Å²) in [5.41, 5.74) is 2.80. The van der Waals surface area contributed by atoms with Gasteiger partial charge in [-0.3, -0.25) is 14.6 Å². The number of pyridine rings is 2. The lowest BCUT2D eigenvalue weighted by molar-refractivity contribution is -0.118. The molecule has 7 heteroatoms. The maximum Gasteiger partial charge on any atom is 0.226 e. The quantitative estimate of drug-likeness (QED) is 0.449. The molecule has 0 radical (unpaired) electrons. The van der Waals surface area contributed by atoms with Crippen LogP contribution < -0.4 is 9.64 Å². The van der Waals surface area contributed by atoms with Crippen molar-refractivity contribution >= 4 is 17.4 Å². The summed E-state index contributed by atoms with van der Waals surface area (Å²) in [7, 11) is 3.12. The van der Waals surface area contributed by atoms with E-state index in [1.807, 2.05) is 13.0 Å². The van der Waals surface area contributed by atoms with E-state index in [4.69, 9.17) is 4.74 Å². The highest BCUT2D eigenvalue weighted by atomic mass is 19.1. The van der Waals surface area contributed by atoms with Crippen LogP contribution in [0.25, 0.3) is 11.3 Å². The minimum atomic E-state index is -0.496. The van der Waals surface area contributed by atoms with Crippen molar-refractivity contribution in [2.75, 3.05) is 19.1 Å². The molecule has 32 heavy (non-hydrogen) atoms. The van der Waals surface area contributed by atoms with Crippen LogP contribution in [-0.2, 0) is 11.2 Å². The molecule has 2 aromatic heterocycles. The maximum absolute atomic E-state index is 14.6. The fourth-order valence-electron chi connectivity index (χ4n) is 3.27. The predicted octanol–water partition coefficient (Wildman–Crippen LogP) is 4.87. The average molecular weight is 435 g/mol.